The van der Waals surface area contributed by atoms with Crippen molar-refractivity contribution in [1.82, 2.24) is 0 Å². The average molecular weight is 198 g/mol. The van der Waals surface area contributed by atoms with Gasteiger partial charge in [0, 0.05) is 11.3 Å². The summed E-state index contributed by atoms with van der Waals surface area (Å²) in [5, 5.41) is 10.5. The first kappa shape index (κ1) is 10.3. The van der Waals surface area contributed by atoms with Crippen LogP contribution in [0.4, 0.5) is 0 Å². The van der Waals surface area contributed by atoms with Crippen LogP contribution in [0.15, 0.2) is 17.5 Å². The van der Waals surface area contributed by atoms with Gasteiger partial charge in [0.05, 0.1) is 0 Å². The highest BCUT2D eigenvalue weighted by Gasteiger charge is 1.97. The molecule has 0 saturated heterocycles. The van der Waals surface area contributed by atoms with Crippen molar-refractivity contribution in [1.29, 1.82) is 0 Å². The van der Waals surface area contributed by atoms with E-state index >= 15 is 0 Å². The molecule has 1 aromatic heterocycles. The fraction of sp³-hybridized carbons (Fsp3) is 0.500. The fourth-order valence-corrected chi connectivity index (χ4v) is 1.96. The Kier molecular flexibility index (Phi) is 4.54. The maximum absolute atomic E-state index is 10.2. The normalized spacial score (nSPS) is 10.2. The molecule has 1 aromatic rings. The first-order valence-electron chi connectivity index (χ1n) is 4.53. The van der Waals surface area contributed by atoms with Crippen LogP contribution in [0.2, 0.25) is 0 Å². The van der Waals surface area contributed by atoms with Gasteiger partial charge in [-0.1, -0.05) is 12.5 Å². The molecule has 0 unspecified atom stereocenters. The SMILES string of the molecule is O=C(O)CCCCCc1cccs1. The molecule has 0 atom stereocenters. The van der Waals surface area contributed by atoms with Gasteiger partial charge in [0.15, 0.2) is 0 Å². The number of unbranched alkanes of at least 4 members (excludes halogenated alkanes) is 2. The third-order valence-electron chi connectivity index (χ3n) is 1.89. The van der Waals surface area contributed by atoms with Crippen LogP contribution >= 0.6 is 11.3 Å². The smallest absolute Gasteiger partial charge is 0.303 e. The molecule has 0 bridgehead atoms. The van der Waals surface area contributed by atoms with Crippen LogP contribution in [0.5, 0.6) is 0 Å². The molecule has 3 heteroatoms. The van der Waals surface area contributed by atoms with Crippen LogP contribution in [-0.2, 0) is 11.2 Å². The molecule has 1 rings (SSSR count). The summed E-state index contributed by atoms with van der Waals surface area (Å²) >= 11 is 1.77. The Morgan fingerprint density at radius 1 is 1.38 bits per heavy atom. The van der Waals surface area contributed by atoms with Gasteiger partial charge in [-0.3, -0.25) is 4.79 Å². The minimum atomic E-state index is -0.684. The zero-order chi connectivity index (χ0) is 9.52. The van der Waals surface area contributed by atoms with Crippen molar-refractivity contribution in [2.45, 2.75) is 32.1 Å². The lowest BCUT2D eigenvalue weighted by Gasteiger charge is -1.96. The monoisotopic (exact) mass is 198 g/mol. The minimum absolute atomic E-state index is 0.310. The van der Waals surface area contributed by atoms with Crippen LogP contribution in [0, 0.1) is 0 Å². The molecule has 0 spiro atoms. The molecular weight excluding hydrogens is 184 g/mol. The molecule has 0 amide bonds. The van der Waals surface area contributed by atoms with E-state index in [4.69, 9.17) is 5.11 Å². The van der Waals surface area contributed by atoms with Crippen molar-refractivity contribution in [2.75, 3.05) is 0 Å². The second kappa shape index (κ2) is 5.75. The fourth-order valence-electron chi connectivity index (χ4n) is 1.21. The molecule has 72 valence electrons. The number of aryl methyl sites for hydroxylation is 1. The number of aliphatic carboxylic acids is 1. The molecule has 0 aliphatic heterocycles. The molecule has 0 aliphatic carbocycles. The molecule has 2 nitrogen and oxygen atoms in total. The summed E-state index contributed by atoms with van der Waals surface area (Å²) in [6.07, 6.45) is 4.33. The summed E-state index contributed by atoms with van der Waals surface area (Å²) in [5.41, 5.74) is 0. The maximum atomic E-state index is 10.2. The van der Waals surface area contributed by atoms with E-state index in [9.17, 15) is 4.79 Å². The maximum Gasteiger partial charge on any atom is 0.303 e. The largest absolute Gasteiger partial charge is 0.481 e. The highest BCUT2D eigenvalue weighted by Crippen LogP contribution is 2.13. The number of hydrogen-bond donors (Lipinski definition) is 1. The van der Waals surface area contributed by atoms with Crippen molar-refractivity contribution >= 4 is 17.3 Å². The van der Waals surface area contributed by atoms with Crippen LogP contribution < -0.4 is 0 Å². The molecule has 0 radical (unpaired) electrons. The Labute approximate surface area is 82.2 Å². The highest BCUT2D eigenvalue weighted by atomic mass is 32.1. The summed E-state index contributed by atoms with van der Waals surface area (Å²) < 4.78 is 0. The van der Waals surface area contributed by atoms with Gasteiger partial charge in [0.1, 0.15) is 0 Å². The average Bonchev–Trinajstić information content (AvgIpc) is 2.55. The lowest BCUT2D eigenvalue weighted by atomic mass is 10.1. The number of thiophene rings is 1. The highest BCUT2D eigenvalue weighted by molar-refractivity contribution is 7.09. The third kappa shape index (κ3) is 4.68. The molecule has 13 heavy (non-hydrogen) atoms. The molecule has 0 fully saturated rings. The van der Waals surface area contributed by atoms with Gasteiger partial charge in [-0.15, -0.1) is 11.3 Å². The van der Waals surface area contributed by atoms with Crippen molar-refractivity contribution < 1.29 is 9.90 Å². The number of carbonyl (C=O) groups is 1. The van der Waals surface area contributed by atoms with Gasteiger partial charge in [0.2, 0.25) is 0 Å². The van der Waals surface area contributed by atoms with E-state index < -0.39 is 5.97 Å². The first-order valence-corrected chi connectivity index (χ1v) is 5.41. The molecule has 0 saturated carbocycles. The van der Waals surface area contributed by atoms with Crippen LogP contribution in [-0.4, -0.2) is 11.1 Å². The van der Waals surface area contributed by atoms with Gasteiger partial charge in [-0.25, -0.2) is 0 Å². The minimum Gasteiger partial charge on any atom is -0.481 e. The standard InChI is InChI=1S/C10H14O2S/c11-10(12)7-3-1-2-5-9-6-4-8-13-9/h4,6,8H,1-3,5,7H2,(H,11,12). The summed E-state index contributed by atoms with van der Waals surface area (Å²) in [6.45, 7) is 0. The Morgan fingerprint density at radius 3 is 2.85 bits per heavy atom. The predicted molar refractivity (Wildman–Crippen MR) is 54.1 cm³/mol. The van der Waals surface area contributed by atoms with Gasteiger partial charge in [-0.2, -0.15) is 0 Å². The number of hydrogen-bond acceptors (Lipinski definition) is 2. The lowest BCUT2D eigenvalue weighted by molar-refractivity contribution is -0.137. The van der Waals surface area contributed by atoms with E-state index in [1.807, 2.05) is 0 Å². The van der Waals surface area contributed by atoms with Gasteiger partial charge >= 0.3 is 5.97 Å². The van der Waals surface area contributed by atoms with Crippen molar-refractivity contribution in [3.63, 3.8) is 0 Å². The second-order valence-corrected chi connectivity index (χ2v) is 4.07. The van der Waals surface area contributed by atoms with Gasteiger partial charge < -0.3 is 5.11 Å². The van der Waals surface area contributed by atoms with Crippen LogP contribution in [0.1, 0.15) is 30.6 Å². The van der Waals surface area contributed by atoms with E-state index in [0.29, 0.717) is 6.42 Å². The van der Waals surface area contributed by atoms with Gasteiger partial charge in [-0.05, 0) is 30.7 Å². The summed E-state index contributed by atoms with van der Waals surface area (Å²) in [7, 11) is 0. The van der Waals surface area contributed by atoms with E-state index in [0.717, 1.165) is 25.7 Å². The van der Waals surface area contributed by atoms with E-state index in [-0.39, 0.29) is 0 Å². The Balaban J connectivity index is 1.99. The zero-order valence-corrected chi connectivity index (χ0v) is 8.35. The number of carboxylic acid groups (broad SMARTS) is 1. The molecular formula is C10H14O2S. The molecule has 1 N–H and O–H groups in total. The van der Waals surface area contributed by atoms with Crippen molar-refractivity contribution in [3.8, 4) is 0 Å². The topological polar surface area (TPSA) is 37.3 Å². The van der Waals surface area contributed by atoms with Crippen molar-refractivity contribution in [2.24, 2.45) is 0 Å². The molecule has 0 aliphatic rings. The van der Waals surface area contributed by atoms with Crippen LogP contribution in [0.25, 0.3) is 0 Å². The predicted octanol–water partition coefficient (Wildman–Crippen LogP) is 2.94. The Morgan fingerprint density at radius 2 is 2.23 bits per heavy atom. The Bertz CT molecular complexity index is 241. The second-order valence-electron chi connectivity index (χ2n) is 3.03. The number of carboxylic acids is 1. The van der Waals surface area contributed by atoms with Crippen LogP contribution in [0.3, 0.4) is 0 Å². The van der Waals surface area contributed by atoms with Crippen molar-refractivity contribution in [3.05, 3.63) is 22.4 Å². The third-order valence-corrected chi connectivity index (χ3v) is 2.83. The van der Waals surface area contributed by atoms with E-state index in [1.165, 1.54) is 4.88 Å². The van der Waals surface area contributed by atoms with E-state index in [2.05, 4.69) is 17.5 Å². The molecule has 0 aromatic carbocycles. The Hall–Kier alpha value is -0.830. The summed E-state index contributed by atoms with van der Waals surface area (Å²) in [4.78, 5) is 11.6. The lowest BCUT2D eigenvalue weighted by Crippen LogP contribution is -1.93. The van der Waals surface area contributed by atoms with Gasteiger partial charge in [0.25, 0.3) is 0 Å². The summed E-state index contributed by atoms with van der Waals surface area (Å²) in [5.74, 6) is -0.684. The summed E-state index contributed by atoms with van der Waals surface area (Å²) in [6, 6.07) is 4.18. The number of rotatable bonds is 6. The first-order chi connectivity index (χ1) is 6.29. The quantitative estimate of drug-likeness (QED) is 0.713. The molecule has 1 heterocycles. The zero-order valence-electron chi connectivity index (χ0n) is 7.53. The van der Waals surface area contributed by atoms with E-state index in [1.54, 1.807) is 11.3 Å².